The molecule has 93 heavy (non-hydrogen) atoms. The molecule has 0 aromatic carbocycles. The Kier molecular flexibility index (Phi) is 40.3. The highest BCUT2D eigenvalue weighted by atomic mass is 16.5. The van der Waals surface area contributed by atoms with E-state index in [0.29, 0.717) is 141 Å². The molecule has 0 unspecified atom stereocenters. The van der Waals surface area contributed by atoms with Crippen molar-refractivity contribution in [1.29, 1.82) is 0 Å². The number of amides is 6. The van der Waals surface area contributed by atoms with Crippen LogP contribution in [0.1, 0.15) is 100 Å². The van der Waals surface area contributed by atoms with Crippen LogP contribution in [-0.2, 0) is 128 Å². The third-order valence-corrected chi connectivity index (χ3v) is 13.9. The molecule has 0 radical (unpaired) electrons. The quantitative estimate of drug-likeness (QED) is 0.0273. The van der Waals surface area contributed by atoms with Crippen LogP contribution < -0.4 is 31.9 Å². The average Bonchev–Trinajstić information content (AvgIpc) is 2.90. The van der Waals surface area contributed by atoms with Gasteiger partial charge in [0.2, 0.25) is 35.4 Å². The number of carbonyl (C=O) groups excluding carboxylic acids is 8. The zero-order valence-electron chi connectivity index (χ0n) is 54.6. The van der Waals surface area contributed by atoms with Gasteiger partial charge < -0.3 is 69.8 Å². The van der Waals surface area contributed by atoms with Gasteiger partial charge in [0.05, 0.1) is 153 Å². The standard InChI is InChI=1S/C59H98N18O16/c1-5-51(78)12-8-47-39-75(70-66-47)24-36-87-32-20-63-56(83)17-29-91-44-59(43-90-28-16-52(79)7-6-27-86-35-23-74-40-48(67-71-74)9-13-53(80)60-2,45-92-30-18-57(84)64-21-33-88-37-25-76-41-49(68-72-76)10-14-54(81)61-3)46-93-31-19-58(85)65-22-34-89-38-26-77-42-50(69-73-77)11-15-55(82)62-4/h39-42H,5-38,43-46H2,1-4H3,(H,60,80)(H,61,81)(H,62,82)(H,63,83)(H,64,84)(H,65,85). The Morgan fingerprint density at radius 1 is 0.355 bits per heavy atom. The van der Waals surface area contributed by atoms with E-state index in [9.17, 15) is 38.4 Å². The van der Waals surface area contributed by atoms with E-state index in [2.05, 4.69) is 73.1 Å². The molecule has 34 heteroatoms. The van der Waals surface area contributed by atoms with Gasteiger partial charge in [0.15, 0.2) is 0 Å². The lowest BCUT2D eigenvalue weighted by Gasteiger charge is -2.33. The predicted molar refractivity (Wildman–Crippen MR) is 332 cm³/mol. The lowest BCUT2D eigenvalue weighted by molar-refractivity contribution is -0.129. The minimum atomic E-state index is -1.04. The summed E-state index contributed by atoms with van der Waals surface area (Å²) in [6.45, 7) is 6.81. The smallest absolute Gasteiger partial charge is 0.222 e. The maximum Gasteiger partial charge on any atom is 0.222 e. The first kappa shape index (κ1) is 77.8. The number of nitrogens with one attached hydrogen (secondary N) is 6. The summed E-state index contributed by atoms with van der Waals surface area (Å²) in [5, 5.41) is 48.9. The molecule has 4 heterocycles. The van der Waals surface area contributed by atoms with Crippen LogP contribution in [0.5, 0.6) is 0 Å². The number of ether oxygens (including phenoxy) is 8. The number of hydrogen-bond donors (Lipinski definition) is 6. The van der Waals surface area contributed by atoms with Gasteiger partial charge in [-0.3, -0.25) is 38.4 Å². The molecule has 0 aliphatic rings. The van der Waals surface area contributed by atoms with Gasteiger partial charge in [0.25, 0.3) is 0 Å². The van der Waals surface area contributed by atoms with Crippen LogP contribution >= 0.6 is 0 Å². The number of aromatic nitrogens is 12. The molecule has 4 aromatic rings. The second-order valence-electron chi connectivity index (χ2n) is 21.7. The van der Waals surface area contributed by atoms with Crippen LogP contribution in [0.2, 0.25) is 0 Å². The first-order valence-corrected chi connectivity index (χ1v) is 31.8. The van der Waals surface area contributed by atoms with E-state index < -0.39 is 5.41 Å². The van der Waals surface area contributed by atoms with Crippen LogP contribution in [0.25, 0.3) is 0 Å². The van der Waals surface area contributed by atoms with Gasteiger partial charge in [0, 0.05) is 156 Å². The van der Waals surface area contributed by atoms with Crippen molar-refractivity contribution in [2.24, 2.45) is 5.41 Å². The minimum absolute atomic E-state index is 0.00957. The molecule has 0 aliphatic heterocycles. The molecular formula is C59H98N18O16. The molecule has 34 nitrogen and oxygen atoms in total. The number of carbonyl (C=O) groups is 8. The molecule has 0 atom stereocenters. The zero-order valence-corrected chi connectivity index (χ0v) is 54.6. The van der Waals surface area contributed by atoms with E-state index in [4.69, 9.17) is 37.9 Å². The summed E-state index contributed by atoms with van der Waals surface area (Å²) in [6, 6.07) is 0. The van der Waals surface area contributed by atoms with Crippen LogP contribution in [0.15, 0.2) is 24.8 Å². The predicted octanol–water partition coefficient (Wildman–Crippen LogP) is -1.52. The van der Waals surface area contributed by atoms with E-state index in [-0.39, 0.29) is 171 Å². The zero-order chi connectivity index (χ0) is 67.0. The summed E-state index contributed by atoms with van der Waals surface area (Å²) >= 11 is 0. The van der Waals surface area contributed by atoms with Crippen LogP contribution in [0.3, 0.4) is 0 Å². The first-order valence-electron chi connectivity index (χ1n) is 31.8. The van der Waals surface area contributed by atoms with Crippen molar-refractivity contribution >= 4 is 47.0 Å². The second-order valence-corrected chi connectivity index (χ2v) is 21.7. The van der Waals surface area contributed by atoms with Crippen molar-refractivity contribution in [3.63, 3.8) is 0 Å². The van der Waals surface area contributed by atoms with Crippen LogP contribution in [0.4, 0.5) is 0 Å². The number of Topliss-reactive ketones (excluding diaryl/α,β-unsaturated/α-hetero) is 2. The molecule has 0 saturated carbocycles. The van der Waals surface area contributed by atoms with Crippen molar-refractivity contribution in [2.75, 3.05) is 146 Å². The van der Waals surface area contributed by atoms with Gasteiger partial charge in [-0.1, -0.05) is 27.8 Å². The van der Waals surface area contributed by atoms with Crippen molar-refractivity contribution in [1.82, 2.24) is 91.9 Å². The monoisotopic (exact) mass is 1310 g/mol. The minimum Gasteiger partial charge on any atom is -0.380 e. The molecular weight excluding hydrogens is 1220 g/mol. The van der Waals surface area contributed by atoms with E-state index in [0.717, 1.165) is 5.69 Å². The Labute approximate surface area is 542 Å². The fourth-order valence-electron chi connectivity index (χ4n) is 8.47. The van der Waals surface area contributed by atoms with Crippen molar-refractivity contribution in [2.45, 2.75) is 129 Å². The Morgan fingerprint density at radius 2 is 0.667 bits per heavy atom. The summed E-state index contributed by atoms with van der Waals surface area (Å²) in [5.41, 5.74) is 1.79. The summed E-state index contributed by atoms with van der Waals surface area (Å²) in [5.74, 6) is -0.936. The van der Waals surface area contributed by atoms with E-state index in [1.54, 1.807) is 64.7 Å². The molecule has 4 aromatic heterocycles. The molecule has 0 bridgehead atoms. The van der Waals surface area contributed by atoms with Gasteiger partial charge in [-0.05, 0) is 12.8 Å². The third-order valence-electron chi connectivity index (χ3n) is 13.9. The van der Waals surface area contributed by atoms with Crippen LogP contribution in [0, 0.1) is 5.41 Å². The fourth-order valence-corrected chi connectivity index (χ4v) is 8.47. The van der Waals surface area contributed by atoms with Gasteiger partial charge >= 0.3 is 0 Å². The highest BCUT2D eigenvalue weighted by Gasteiger charge is 2.33. The summed E-state index contributed by atoms with van der Waals surface area (Å²) < 4.78 is 54.0. The van der Waals surface area contributed by atoms with Gasteiger partial charge in [-0.2, -0.15) is 0 Å². The fraction of sp³-hybridized carbons (Fsp3) is 0.729. The highest BCUT2D eigenvalue weighted by molar-refractivity contribution is 5.79. The SMILES string of the molecule is CCC(=O)CCc1cn(CCOCCNC(=O)CCOCC(COCCC(=O)CCCOCCn2cc(CCC(=O)NC)nn2)(COCCC(=O)NCCOCCn2cc(CCC(=O)NC)nn2)COCCC(=O)NCCOCCn2cc(CCC(=O)NC)nn2)nn1. The number of rotatable bonds is 58. The normalized spacial score (nSPS) is 11.4. The van der Waals surface area contributed by atoms with Gasteiger partial charge in [-0.15, -0.1) is 20.4 Å². The molecule has 0 aliphatic carbocycles. The van der Waals surface area contributed by atoms with Crippen molar-refractivity contribution in [3.8, 4) is 0 Å². The Hall–Kier alpha value is -7.60. The Balaban J connectivity index is 1.27. The van der Waals surface area contributed by atoms with Gasteiger partial charge in [0.1, 0.15) is 11.6 Å². The molecule has 0 saturated heterocycles. The molecule has 0 spiro atoms. The second kappa shape index (κ2) is 48.2. The maximum absolute atomic E-state index is 13.0. The Bertz CT molecular complexity index is 2410. The molecule has 6 amide bonds. The number of ketones is 2. The first-order chi connectivity index (χ1) is 45.2. The number of hydrogen-bond acceptors (Lipinski definition) is 24. The van der Waals surface area contributed by atoms with Crippen molar-refractivity contribution < 1.29 is 76.3 Å². The third kappa shape index (κ3) is 37.0. The Morgan fingerprint density at radius 3 is 0.989 bits per heavy atom. The average molecular weight is 1320 g/mol. The molecule has 0 fully saturated rings. The number of nitrogens with zero attached hydrogens (tertiary/aromatic N) is 12. The summed E-state index contributed by atoms with van der Waals surface area (Å²) in [6.07, 6.45) is 11.7. The summed E-state index contributed by atoms with van der Waals surface area (Å²) in [4.78, 5) is 98.2. The van der Waals surface area contributed by atoms with Crippen molar-refractivity contribution in [3.05, 3.63) is 47.6 Å². The van der Waals surface area contributed by atoms with E-state index in [1.807, 2.05) is 6.92 Å². The largest absolute Gasteiger partial charge is 0.380 e. The lowest BCUT2D eigenvalue weighted by atomic mass is 9.92. The topological polar surface area (TPSA) is 405 Å². The van der Waals surface area contributed by atoms with E-state index in [1.165, 1.54) is 0 Å². The van der Waals surface area contributed by atoms with E-state index >= 15 is 0 Å². The number of aryl methyl sites for hydroxylation is 4. The molecule has 4 rings (SSSR count). The molecule has 6 N–H and O–H groups in total. The summed E-state index contributed by atoms with van der Waals surface area (Å²) in [7, 11) is 4.74. The lowest BCUT2D eigenvalue weighted by Crippen LogP contribution is -2.43. The highest BCUT2D eigenvalue weighted by Crippen LogP contribution is 2.22. The maximum atomic E-state index is 13.0. The van der Waals surface area contributed by atoms with Gasteiger partial charge in [-0.25, -0.2) is 18.7 Å². The molecule has 520 valence electrons. The van der Waals surface area contributed by atoms with Crippen LogP contribution in [-0.4, -0.2) is 253 Å².